The van der Waals surface area contributed by atoms with Crippen molar-refractivity contribution in [2.45, 2.75) is 39.9 Å². The van der Waals surface area contributed by atoms with Crippen molar-refractivity contribution < 1.29 is 18.7 Å². The molecule has 33 heavy (non-hydrogen) atoms. The van der Waals surface area contributed by atoms with Gasteiger partial charge in [0.05, 0.1) is 20.8 Å². The number of amides is 1. The molecule has 7 nitrogen and oxygen atoms in total. The normalized spacial score (nSPS) is 12.1. The van der Waals surface area contributed by atoms with E-state index in [1.165, 1.54) is 11.8 Å². The summed E-state index contributed by atoms with van der Waals surface area (Å²) in [6.45, 7) is 7.82. The fourth-order valence-corrected chi connectivity index (χ4v) is 3.62. The highest BCUT2D eigenvalue weighted by atomic mass is 16.5. The maximum Gasteiger partial charge on any atom is 0.273 e. The third kappa shape index (κ3) is 6.35. The zero-order valence-corrected chi connectivity index (χ0v) is 20.0. The number of oxazole rings is 1. The van der Waals surface area contributed by atoms with Crippen LogP contribution in [0.25, 0.3) is 0 Å². The van der Waals surface area contributed by atoms with Crippen LogP contribution in [0.2, 0.25) is 0 Å². The number of methoxy groups -OCH3 is 2. The van der Waals surface area contributed by atoms with Gasteiger partial charge in [0.1, 0.15) is 6.26 Å². The molecule has 2 aromatic carbocycles. The number of nitrogens with zero attached hydrogens (tertiary/aromatic N) is 2. The summed E-state index contributed by atoms with van der Waals surface area (Å²) in [5, 5.41) is 2.88. The molecule has 0 saturated heterocycles. The molecular weight excluding hydrogens is 418 g/mol. The second-order valence-corrected chi connectivity index (χ2v) is 8.37. The number of ether oxygens (including phenoxy) is 2. The van der Waals surface area contributed by atoms with Crippen LogP contribution in [0.3, 0.4) is 0 Å². The third-order valence-electron chi connectivity index (χ3n) is 5.48. The van der Waals surface area contributed by atoms with Crippen molar-refractivity contribution in [3.8, 4) is 11.5 Å². The van der Waals surface area contributed by atoms with E-state index in [1.54, 1.807) is 14.2 Å². The second-order valence-electron chi connectivity index (χ2n) is 8.37. The van der Waals surface area contributed by atoms with Gasteiger partial charge in [0.25, 0.3) is 5.91 Å². The van der Waals surface area contributed by atoms with Crippen molar-refractivity contribution in [1.82, 2.24) is 15.2 Å². The average molecular weight is 452 g/mol. The van der Waals surface area contributed by atoms with Gasteiger partial charge in [-0.3, -0.25) is 9.69 Å². The molecule has 0 saturated carbocycles. The van der Waals surface area contributed by atoms with Crippen molar-refractivity contribution in [2.75, 3.05) is 20.8 Å². The Hall–Kier alpha value is -3.32. The molecule has 0 aliphatic heterocycles. The van der Waals surface area contributed by atoms with Crippen molar-refractivity contribution in [3.05, 3.63) is 77.5 Å². The lowest BCUT2D eigenvalue weighted by atomic mass is 10.1. The first-order valence-corrected chi connectivity index (χ1v) is 11.1. The second kappa shape index (κ2) is 11.5. The monoisotopic (exact) mass is 451 g/mol. The van der Waals surface area contributed by atoms with E-state index in [0.717, 1.165) is 5.56 Å². The minimum absolute atomic E-state index is 0.0622. The number of hydrogen-bond acceptors (Lipinski definition) is 6. The Morgan fingerprint density at radius 3 is 2.45 bits per heavy atom. The quantitative estimate of drug-likeness (QED) is 0.449. The van der Waals surface area contributed by atoms with Gasteiger partial charge < -0.3 is 19.2 Å². The molecule has 1 aromatic heterocycles. The standard InChI is InChI=1S/C26H33N3O4/c1-18(2)14-27-26(30)22-17-33-24(28-22)16-29(19(3)20-10-7-6-8-11-20)15-21-12-9-13-23(31-4)25(21)32-5/h6-13,17-19H,14-16H2,1-5H3,(H,27,30)/t19-/m1/s1. The van der Waals surface area contributed by atoms with E-state index in [2.05, 4.69) is 34.3 Å². The topological polar surface area (TPSA) is 76.8 Å². The molecule has 3 aromatic rings. The molecule has 0 unspecified atom stereocenters. The van der Waals surface area contributed by atoms with Gasteiger partial charge in [-0.05, 0) is 24.5 Å². The van der Waals surface area contributed by atoms with Gasteiger partial charge in [-0.25, -0.2) is 4.98 Å². The van der Waals surface area contributed by atoms with Crippen LogP contribution in [0.15, 0.2) is 59.2 Å². The molecule has 0 radical (unpaired) electrons. The van der Waals surface area contributed by atoms with Crippen LogP contribution in [0.1, 0.15) is 54.3 Å². The van der Waals surface area contributed by atoms with Crippen LogP contribution in [0.4, 0.5) is 0 Å². The molecule has 0 fully saturated rings. The first-order valence-electron chi connectivity index (χ1n) is 11.1. The number of para-hydroxylation sites is 1. The molecule has 1 atom stereocenters. The Bertz CT molecular complexity index is 1030. The van der Waals surface area contributed by atoms with E-state index in [4.69, 9.17) is 13.9 Å². The molecule has 0 spiro atoms. The molecule has 1 amide bonds. The Balaban J connectivity index is 1.85. The number of hydrogen-bond donors (Lipinski definition) is 1. The zero-order valence-electron chi connectivity index (χ0n) is 20.0. The smallest absolute Gasteiger partial charge is 0.273 e. The van der Waals surface area contributed by atoms with Gasteiger partial charge in [-0.1, -0.05) is 56.3 Å². The van der Waals surface area contributed by atoms with Crippen LogP contribution in [-0.2, 0) is 13.1 Å². The fraction of sp³-hybridized carbons (Fsp3) is 0.385. The highest BCUT2D eigenvalue weighted by Gasteiger charge is 2.22. The summed E-state index contributed by atoms with van der Waals surface area (Å²) in [4.78, 5) is 19.0. The van der Waals surface area contributed by atoms with Crippen molar-refractivity contribution in [1.29, 1.82) is 0 Å². The SMILES string of the molecule is COc1cccc(CN(Cc2nc(C(=O)NCC(C)C)co2)[C@H](C)c2ccccc2)c1OC. The van der Waals surface area contributed by atoms with Crippen LogP contribution in [0.5, 0.6) is 11.5 Å². The van der Waals surface area contributed by atoms with E-state index in [9.17, 15) is 4.79 Å². The summed E-state index contributed by atoms with van der Waals surface area (Å²) < 4.78 is 16.8. The molecule has 0 aliphatic carbocycles. The molecule has 1 heterocycles. The molecule has 0 bridgehead atoms. The predicted molar refractivity (Wildman–Crippen MR) is 127 cm³/mol. The number of benzene rings is 2. The molecular formula is C26H33N3O4. The lowest BCUT2D eigenvalue weighted by molar-refractivity contribution is 0.0944. The molecule has 1 N–H and O–H groups in total. The van der Waals surface area contributed by atoms with Gasteiger partial charge in [-0.15, -0.1) is 0 Å². The van der Waals surface area contributed by atoms with Crippen molar-refractivity contribution in [3.63, 3.8) is 0 Å². The molecule has 0 aliphatic rings. The highest BCUT2D eigenvalue weighted by Crippen LogP contribution is 2.34. The molecule has 7 heteroatoms. The van der Waals surface area contributed by atoms with Crippen molar-refractivity contribution >= 4 is 5.91 Å². The Kier molecular flexibility index (Phi) is 8.49. The summed E-state index contributed by atoms with van der Waals surface area (Å²) in [7, 11) is 3.27. The third-order valence-corrected chi connectivity index (χ3v) is 5.48. The Morgan fingerprint density at radius 1 is 1.03 bits per heavy atom. The van der Waals surface area contributed by atoms with E-state index < -0.39 is 0 Å². The van der Waals surface area contributed by atoms with Crippen LogP contribution in [0, 0.1) is 5.92 Å². The van der Waals surface area contributed by atoms with Gasteiger partial charge >= 0.3 is 0 Å². The molecule has 3 rings (SSSR count). The number of carbonyl (C=O) groups is 1. The molecule has 176 valence electrons. The summed E-state index contributed by atoms with van der Waals surface area (Å²) in [5.74, 6) is 2.00. The zero-order chi connectivity index (χ0) is 23.8. The van der Waals surface area contributed by atoms with Gasteiger partial charge in [0.2, 0.25) is 5.89 Å². The maximum atomic E-state index is 12.4. The van der Waals surface area contributed by atoms with Crippen molar-refractivity contribution in [2.24, 2.45) is 5.92 Å². The summed E-state index contributed by atoms with van der Waals surface area (Å²) in [5.41, 5.74) is 2.44. The predicted octanol–water partition coefficient (Wildman–Crippen LogP) is 4.84. The Labute approximate surface area is 195 Å². The lowest BCUT2D eigenvalue weighted by Crippen LogP contribution is -2.28. The van der Waals surface area contributed by atoms with Crippen LogP contribution in [-0.4, -0.2) is 36.6 Å². The number of aromatic nitrogens is 1. The van der Waals surface area contributed by atoms with E-state index in [-0.39, 0.29) is 17.6 Å². The highest BCUT2D eigenvalue weighted by molar-refractivity contribution is 5.91. The van der Waals surface area contributed by atoms with Gasteiger partial charge in [0, 0.05) is 24.7 Å². The Morgan fingerprint density at radius 2 is 1.79 bits per heavy atom. The average Bonchev–Trinajstić information content (AvgIpc) is 3.30. The van der Waals surface area contributed by atoms with Gasteiger partial charge in [0.15, 0.2) is 17.2 Å². The minimum atomic E-state index is -0.226. The number of nitrogens with one attached hydrogen (secondary N) is 1. The summed E-state index contributed by atoms with van der Waals surface area (Å²) in [6.07, 6.45) is 1.42. The maximum absolute atomic E-state index is 12.4. The summed E-state index contributed by atoms with van der Waals surface area (Å²) in [6, 6.07) is 16.2. The summed E-state index contributed by atoms with van der Waals surface area (Å²) >= 11 is 0. The lowest BCUT2D eigenvalue weighted by Gasteiger charge is -2.29. The first kappa shape index (κ1) is 24.3. The fourth-order valence-electron chi connectivity index (χ4n) is 3.62. The van der Waals surface area contributed by atoms with E-state index in [0.29, 0.717) is 42.9 Å². The largest absolute Gasteiger partial charge is 0.493 e. The van der Waals surface area contributed by atoms with E-state index in [1.807, 2.05) is 50.2 Å². The minimum Gasteiger partial charge on any atom is -0.493 e. The van der Waals surface area contributed by atoms with Crippen LogP contribution < -0.4 is 14.8 Å². The number of rotatable bonds is 11. The first-order chi connectivity index (χ1) is 15.9. The number of carbonyl (C=O) groups excluding carboxylic acids is 1. The van der Waals surface area contributed by atoms with Crippen LogP contribution >= 0.6 is 0 Å². The van der Waals surface area contributed by atoms with Gasteiger partial charge in [-0.2, -0.15) is 0 Å². The van der Waals surface area contributed by atoms with E-state index >= 15 is 0 Å².